The Kier molecular flexibility index (Phi) is 5.23. The van der Waals surface area contributed by atoms with Gasteiger partial charge in [-0.2, -0.15) is 0 Å². The van der Waals surface area contributed by atoms with Crippen molar-refractivity contribution < 1.29 is 13.9 Å². The Balaban J connectivity index is 1.91. The molecule has 20 heavy (non-hydrogen) atoms. The van der Waals surface area contributed by atoms with Gasteiger partial charge in [0.15, 0.2) is 0 Å². The van der Waals surface area contributed by atoms with E-state index >= 15 is 0 Å². The molecule has 0 saturated carbocycles. The van der Waals surface area contributed by atoms with E-state index < -0.39 is 17.7 Å². The van der Waals surface area contributed by atoms with Crippen molar-refractivity contribution in [3.63, 3.8) is 0 Å². The highest BCUT2D eigenvalue weighted by atomic mass is 79.9. The van der Waals surface area contributed by atoms with Crippen LogP contribution in [-0.4, -0.2) is 11.7 Å². The van der Waals surface area contributed by atoms with Gasteiger partial charge in [0.25, 0.3) is 0 Å². The van der Waals surface area contributed by atoms with E-state index in [0.717, 1.165) is 28.2 Å². The molecule has 0 aliphatic heterocycles. The molecule has 106 valence electrons. The van der Waals surface area contributed by atoms with Crippen molar-refractivity contribution >= 4 is 15.9 Å². The summed E-state index contributed by atoms with van der Waals surface area (Å²) in [5.41, 5.74) is 0.998. The van der Waals surface area contributed by atoms with Gasteiger partial charge >= 0.3 is 0 Å². The number of rotatable bonds is 5. The summed E-state index contributed by atoms with van der Waals surface area (Å²) in [5.74, 6) is -0.938. The molecule has 2 aromatic rings. The lowest BCUT2D eigenvalue weighted by Gasteiger charge is -2.13. The van der Waals surface area contributed by atoms with Crippen molar-refractivity contribution in [3.05, 3.63) is 69.7 Å². The van der Waals surface area contributed by atoms with Gasteiger partial charge in [0.05, 0.1) is 6.10 Å². The molecule has 0 bridgehead atoms. The number of hydrogen-bond acceptors (Lipinski definition) is 2. The summed E-state index contributed by atoms with van der Waals surface area (Å²) >= 11 is 3.33. The Hall–Kier alpha value is -1.30. The maximum atomic E-state index is 13.4. The highest BCUT2D eigenvalue weighted by Crippen LogP contribution is 2.18. The summed E-state index contributed by atoms with van der Waals surface area (Å²) < 4.78 is 27.3. The Morgan fingerprint density at radius 1 is 1.15 bits per heavy atom. The Morgan fingerprint density at radius 3 is 2.70 bits per heavy atom. The lowest BCUT2D eigenvalue weighted by Crippen LogP contribution is -2.21. The molecule has 0 saturated heterocycles. The molecule has 2 rings (SSSR count). The minimum absolute atomic E-state index is 0.161. The molecule has 0 spiro atoms. The fourth-order valence-electron chi connectivity index (χ4n) is 1.85. The van der Waals surface area contributed by atoms with Crippen LogP contribution in [0.3, 0.4) is 0 Å². The third-order valence-corrected chi connectivity index (χ3v) is 3.39. The summed E-state index contributed by atoms with van der Waals surface area (Å²) in [4.78, 5) is 0. The second-order valence-corrected chi connectivity index (χ2v) is 5.35. The first kappa shape index (κ1) is 15.1. The van der Waals surface area contributed by atoms with Crippen LogP contribution in [0.4, 0.5) is 8.78 Å². The molecule has 0 aliphatic carbocycles. The summed E-state index contributed by atoms with van der Waals surface area (Å²) in [7, 11) is 0. The van der Waals surface area contributed by atoms with Crippen LogP contribution in [0, 0.1) is 11.6 Å². The third kappa shape index (κ3) is 4.10. The van der Waals surface area contributed by atoms with E-state index in [9.17, 15) is 13.9 Å². The van der Waals surface area contributed by atoms with Crippen LogP contribution >= 0.6 is 15.9 Å². The molecular weight excluding hydrogens is 328 g/mol. The standard InChI is InChI=1S/C15H14BrF2NO/c16-12-3-1-2-10(6-12)15(20)9-19-8-11-7-13(17)4-5-14(11)18/h1-7,15,19-20H,8-9H2. The largest absolute Gasteiger partial charge is 0.387 e. The predicted octanol–water partition coefficient (Wildman–Crippen LogP) is 3.55. The van der Waals surface area contributed by atoms with E-state index in [1.54, 1.807) is 6.07 Å². The quantitative estimate of drug-likeness (QED) is 0.871. The first-order valence-electron chi connectivity index (χ1n) is 6.14. The molecule has 2 aromatic carbocycles. The average Bonchev–Trinajstić information content (AvgIpc) is 2.42. The van der Waals surface area contributed by atoms with E-state index in [1.807, 2.05) is 18.2 Å². The van der Waals surface area contributed by atoms with Gasteiger partial charge in [0.1, 0.15) is 11.6 Å². The lowest BCUT2D eigenvalue weighted by atomic mass is 10.1. The molecule has 0 heterocycles. The number of aliphatic hydroxyl groups is 1. The summed E-state index contributed by atoms with van der Waals surface area (Å²) in [6.07, 6.45) is -0.705. The second kappa shape index (κ2) is 6.92. The summed E-state index contributed by atoms with van der Waals surface area (Å²) in [5, 5.41) is 12.9. The summed E-state index contributed by atoms with van der Waals surface area (Å²) in [6, 6.07) is 10.6. The zero-order valence-electron chi connectivity index (χ0n) is 10.6. The van der Waals surface area contributed by atoms with E-state index in [0.29, 0.717) is 0 Å². The topological polar surface area (TPSA) is 32.3 Å². The van der Waals surface area contributed by atoms with Gasteiger partial charge in [-0.05, 0) is 35.9 Å². The molecule has 2 N–H and O–H groups in total. The Bertz CT molecular complexity index is 592. The normalized spacial score (nSPS) is 12.4. The Morgan fingerprint density at radius 2 is 1.95 bits per heavy atom. The van der Waals surface area contributed by atoms with Crippen molar-refractivity contribution in [3.8, 4) is 0 Å². The maximum absolute atomic E-state index is 13.4. The molecule has 0 aliphatic rings. The summed E-state index contributed by atoms with van der Waals surface area (Å²) in [6.45, 7) is 0.418. The van der Waals surface area contributed by atoms with Crippen LogP contribution in [0.5, 0.6) is 0 Å². The van der Waals surface area contributed by atoms with Gasteiger partial charge in [0.2, 0.25) is 0 Å². The minimum atomic E-state index is -0.705. The van der Waals surface area contributed by atoms with Crippen molar-refractivity contribution in [1.29, 1.82) is 0 Å². The van der Waals surface area contributed by atoms with Crippen LogP contribution in [0.25, 0.3) is 0 Å². The first-order chi connectivity index (χ1) is 9.56. The van der Waals surface area contributed by atoms with Crippen LogP contribution in [-0.2, 0) is 6.54 Å². The van der Waals surface area contributed by atoms with Crippen LogP contribution in [0.15, 0.2) is 46.9 Å². The van der Waals surface area contributed by atoms with Gasteiger partial charge in [-0.15, -0.1) is 0 Å². The van der Waals surface area contributed by atoms with Crippen molar-refractivity contribution in [1.82, 2.24) is 5.32 Å². The molecule has 1 atom stereocenters. The van der Waals surface area contributed by atoms with E-state index in [-0.39, 0.29) is 18.7 Å². The average molecular weight is 342 g/mol. The number of hydrogen-bond donors (Lipinski definition) is 2. The highest BCUT2D eigenvalue weighted by Gasteiger charge is 2.08. The maximum Gasteiger partial charge on any atom is 0.127 e. The SMILES string of the molecule is OC(CNCc1cc(F)ccc1F)c1cccc(Br)c1. The number of halogens is 3. The molecular formula is C15H14BrF2NO. The molecule has 0 fully saturated rings. The van der Waals surface area contributed by atoms with Crippen molar-refractivity contribution in [2.45, 2.75) is 12.6 Å². The molecule has 2 nitrogen and oxygen atoms in total. The van der Waals surface area contributed by atoms with Gasteiger partial charge in [0, 0.05) is 23.1 Å². The zero-order chi connectivity index (χ0) is 14.5. The fraction of sp³-hybridized carbons (Fsp3) is 0.200. The number of nitrogens with one attached hydrogen (secondary N) is 1. The smallest absolute Gasteiger partial charge is 0.127 e. The van der Waals surface area contributed by atoms with Gasteiger partial charge in [-0.25, -0.2) is 8.78 Å². The van der Waals surface area contributed by atoms with Gasteiger partial charge < -0.3 is 10.4 Å². The zero-order valence-corrected chi connectivity index (χ0v) is 12.2. The van der Waals surface area contributed by atoms with Crippen LogP contribution in [0.1, 0.15) is 17.2 Å². The highest BCUT2D eigenvalue weighted by molar-refractivity contribution is 9.10. The monoisotopic (exact) mass is 341 g/mol. The third-order valence-electron chi connectivity index (χ3n) is 2.89. The van der Waals surface area contributed by atoms with Gasteiger partial charge in [-0.3, -0.25) is 0 Å². The Labute approximate surface area is 124 Å². The molecule has 0 amide bonds. The lowest BCUT2D eigenvalue weighted by molar-refractivity contribution is 0.174. The van der Waals surface area contributed by atoms with E-state index in [2.05, 4.69) is 21.2 Å². The number of aliphatic hydroxyl groups excluding tert-OH is 1. The van der Waals surface area contributed by atoms with Crippen LogP contribution in [0.2, 0.25) is 0 Å². The van der Waals surface area contributed by atoms with E-state index in [1.165, 1.54) is 0 Å². The van der Waals surface area contributed by atoms with Crippen LogP contribution < -0.4 is 5.32 Å². The molecule has 0 radical (unpaired) electrons. The van der Waals surface area contributed by atoms with Crippen molar-refractivity contribution in [2.24, 2.45) is 0 Å². The minimum Gasteiger partial charge on any atom is -0.387 e. The molecule has 1 unspecified atom stereocenters. The van der Waals surface area contributed by atoms with E-state index in [4.69, 9.17) is 0 Å². The van der Waals surface area contributed by atoms with Gasteiger partial charge in [-0.1, -0.05) is 28.1 Å². The number of benzene rings is 2. The molecule has 5 heteroatoms. The second-order valence-electron chi connectivity index (χ2n) is 4.44. The van der Waals surface area contributed by atoms with Crippen molar-refractivity contribution in [2.75, 3.05) is 6.54 Å². The predicted molar refractivity (Wildman–Crippen MR) is 77.2 cm³/mol. The molecule has 0 aromatic heterocycles. The fourth-order valence-corrected chi connectivity index (χ4v) is 2.27. The first-order valence-corrected chi connectivity index (χ1v) is 6.94.